The molecule has 1 aliphatic heterocycles. The standard InChI is InChI=1S/C18H17BrN2O4/c1-12-10-15(21(23)24)6-7-16(12)18(22)20-8-9-25-17(11-20)13-2-4-14(19)5-3-13/h2-7,10,17H,8-9,11H2,1H3. The first-order chi connectivity index (χ1) is 12.0. The Bertz CT molecular complexity index is 807. The first-order valence-corrected chi connectivity index (χ1v) is 8.66. The van der Waals surface area contributed by atoms with Gasteiger partial charge in [0.1, 0.15) is 6.10 Å². The van der Waals surface area contributed by atoms with Crippen molar-refractivity contribution in [2.24, 2.45) is 0 Å². The number of ether oxygens (including phenoxy) is 1. The van der Waals surface area contributed by atoms with Gasteiger partial charge in [-0.2, -0.15) is 0 Å². The van der Waals surface area contributed by atoms with Gasteiger partial charge in [0.15, 0.2) is 0 Å². The molecule has 2 aromatic rings. The third-order valence-corrected chi connectivity index (χ3v) is 4.78. The zero-order valence-corrected chi connectivity index (χ0v) is 15.2. The molecule has 2 aromatic carbocycles. The van der Waals surface area contributed by atoms with Crippen LogP contribution < -0.4 is 0 Å². The Morgan fingerprint density at radius 2 is 2.00 bits per heavy atom. The summed E-state index contributed by atoms with van der Waals surface area (Å²) in [5, 5.41) is 10.9. The molecule has 1 saturated heterocycles. The van der Waals surface area contributed by atoms with Gasteiger partial charge in [0.05, 0.1) is 18.1 Å². The molecule has 1 fully saturated rings. The highest BCUT2D eigenvalue weighted by Gasteiger charge is 2.27. The number of morpholine rings is 1. The number of nitrogens with zero attached hydrogens (tertiary/aromatic N) is 2. The fourth-order valence-corrected chi connectivity index (χ4v) is 3.15. The summed E-state index contributed by atoms with van der Waals surface area (Å²) in [6.07, 6.45) is -0.177. The van der Waals surface area contributed by atoms with E-state index < -0.39 is 4.92 Å². The van der Waals surface area contributed by atoms with Crippen LogP contribution >= 0.6 is 15.9 Å². The Morgan fingerprint density at radius 1 is 1.28 bits per heavy atom. The first-order valence-electron chi connectivity index (χ1n) is 7.87. The Hall–Kier alpha value is -2.25. The molecular formula is C18H17BrN2O4. The van der Waals surface area contributed by atoms with Crippen LogP contribution in [0.25, 0.3) is 0 Å². The molecule has 130 valence electrons. The number of rotatable bonds is 3. The molecule has 0 saturated carbocycles. The third-order valence-electron chi connectivity index (χ3n) is 4.25. The van der Waals surface area contributed by atoms with E-state index in [-0.39, 0.29) is 17.7 Å². The highest BCUT2D eigenvalue weighted by atomic mass is 79.9. The number of carbonyl (C=O) groups excluding carboxylic acids is 1. The first kappa shape index (κ1) is 17.6. The highest BCUT2D eigenvalue weighted by molar-refractivity contribution is 9.10. The van der Waals surface area contributed by atoms with Gasteiger partial charge >= 0.3 is 0 Å². The summed E-state index contributed by atoms with van der Waals surface area (Å²) >= 11 is 3.41. The monoisotopic (exact) mass is 404 g/mol. The topological polar surface area (TPSA) is 72.7 Å². The molecular weight excluding hydrogens is 388 g/mol. The van der Waals surface area contributed by atoms with Crippen LogP contribution in [0.1, 0.15) is 27.6 Å². The Balaban J connectivity index is 1.78. The minimum absolute atomic E-state index is 0.0104. The van der Waals surface area contributed by atoms with Crippen molar-refractivity contribution in [3.8, 4) is 0 Å². The van der Waals surface area contributed by atoms with Crippen molar-refractivity contribution in [3.05, 3.63) is 73.7 Å². The van der Waals surface area contributed by atoms with Crippen LogP contribution in [0.3, 0.4) is 0 Å². The maximum atomic E-state index is 12.8. The molecule has 6 nitrogen and oxygen atoms in total. The maximum Gasteiger partial charge on any atom is 0.269 e. The van der Waals surface area contributed by atoms with Crippen LogP contribution in [-0.2, 0) is 4.74 Å². The average molecular weight is 405 g/mol. The molecule has 0 bridgehead atoms. The number of hydrogen-bond acceptors (Lipinski definition) is 4. The second-order valence-corrected chi connectivity index (χ2v) is 6.83. The molecule has 1 aliphatic rings. The second kappa shape index (κ2) is 7.33. The molecule has 7 heteroatoms. The number of benzene rings is 2. The quantitative estimate of drug-likeness (QED) is 0.574. The van der Waals surface area contributed by atoms with E-state index in [0.29, 0.717) is 30.8 Å². The van der Waals surface area contributed by atoms with Gasteiger partial charge in [-0.25, -0.2) is 0 Å². The summed E-state index contributed by atoms with van der Waals surface area (Å²) < 4.78 is 6.79. The number of carbonyl (C=O) groups is 1. The van der Waals surface area contributed by atoms with Crippen LogP contribution in [0.5, 0.6) is 0 Å². The van der Waals surface area contributed by atoms with E-state index in [1.54, 1.807) is 11.8 Å². The zero-order chi connectivity index (χ0) is 18.0. The summed E-state index contributed by atoms with van der Waals surface area (Å²) in [5.74, 6) is -0.127. The number of halogens is 1. The van der Waals surface area contributed by atoms with Gasteiger partial charge in [-0.15, -0.1) is 0 Å². The summed E-state index contributed by atoms with van der Waals surface area (Å²) in [7, 11) is 0. The normalized spacial score (nSPS) is 17.4. The van der Waals surface area contributed by atoms with Gasteiger partial charge in [-0.1, -0.05) is 28.1 Å². The summed E-state index contributed by atoms with van der Waals surface area (Å²) in [6, 6.07) is 12.2. The molecule has 0 N–H and O–H groups in total. The molecule has 25 heavy (non-hydrogen) atoms. The molecule has 0 aliphatic carbocycles. The van der Waals surface area contributed by atoms with E-state index in [1.807, 2.05) is 24.3 Å². The van der Waals surface area contributed by atoms with Crippen LogP contribution in [0.15, 0.2) is 46.9 Å². The van der Waals surface area contributed by atoms with Crippen LogP contribution in [0, 0.1) is 17.0 Å². The smallest absolute Gasteiger partial charge is 0.269 e. The van der Waals surface area contributed by atoms with Crippen molar-refractivity contribution in [1.29, 1.82) is 0 Å². The molecule has 1 atom stereocenters. The lowest BCUT2D eigenvalue weighted by molar-refractivity contribution is -0.384. The van der Waals surface area contributed by atoms with E-state index in [9.17, 15) is 14.9 Å². The number of hydrogen-bond donors (Lipinski definition) is 0. The average Bonchev–Trinajstić information content (AvgIpc) is 2.61. The van der Waals surface area contributed by atoms with Gasteiger partial charge in [0.25, 0.3) is 11.6 Å². The Morgan fingerprint density at radius 3 is 2.64 bits per heavy atom. The van der Waals surface area contributed by atoms with Gasteiger partial charge in [-0.3, -0.25) is 14.9 Å². The molecule has 0 spiro atoms. The number of non-ortho nitro benzene ring substituents is 1. The Kier molecular flexibility index (Phi) is 5.15. The van der Waals surface area contributed by atoms with Crippen molar-refractivity contribution >= 4 is 27.5 Å². The third kappa shape index (κ3) is 3.88. The van der Waals surface area contributed by atoms with Crippen LogP contribution in [-0.4, -0.2) is 35.4 Å². The van der Waals surface area contributed by atoms with Crippen molar-refractivity contribution in [2.45, 2.75) is 13.0 Å². The zero-order valence-electron chi connectivity index (χ0n) is 13.6. The SMILES string of the molecule is Cc1cc([N+](=O)[O-])ccc1C(=O)N1CCOC(c2ccc(Br)cc2)C1. The lowest BCUT2D eigenvalue weighted by Crippen LogP contribution is -2.42. The summed E-state index contributed by atoms with van der Waals surface area (Å²) in [4.78, 5) is 25.0. The lowest BCUT2D eigenvalue weighted by Gasteiger charge is -2.33. The fourth-order valence-electron chi connectivity index (χ4n) is 2.88. The van der Waals surface area contributed by atoms with E-state index >= 15 is 0 Å². The predicted molar refractivity (Wildman–Crippen MR) is 96.6 cm³/mol. The molecule has 1 heterocycles. The minimum atomic E-state index is -0.459. The van der Waals surface area contributed by atoms with Gasteiger partial charge < -0.3 is 9.64 Å². The van der Waals surface area contributed by atoms with E-state index in [4.69, 9.17) is 4.74 Å². The number of nitro benzene ring substituents is 1. The molecule has 0 radical (unpaired) electrons. The van der Waals surface area contributed by atoms with Crippen molar-refractivity contribution in [3.63, 3.8) is 0 Å². The highest BCUT2D eigenvalue weighted by Crippen LogP contribution is 2.26. The molecule has 0 aromatic heterocycles. The minimum Gasteiger partial charge on any atom is -0.370 e. The number of nitro groups is 1. The summed E-state index contributed by atoms with van der Waals surface area (Å²) in [6.45, 7) is 3.13. The van der Waals surface area contributed by atoms with Crippen LogP contribution in [0.2, 0.25) is 0 Å². The Labute approximate surface area is 153 Å². The number of amides is 1. The van der Waals surface area contributed by atoms with Crippen molar-refractivity contribution in [2.75, 3.05) is 19.7 Å². The molecule has 3 rings (SSSR count). The molecule has 1 unspecified atom stereocenters. The second-order valence-electron chi connectivity index (χ2n) is 5.92. The fraction of sp³-hybridized carbons (Fsp3) is 0.278. The van der Waals surface area contributed by atoms with E-state index in [1.165, 1.54) is 18.2 Å². The largest absolute Gasteiger partial charge is 0.370 e. The van der Waals surface area contributed by atoms with E-state index in [2.05, 4.69) is 15.9 Å². The van der Waals surface area contributed by atoms with Gasteiger partial charge in [0, 0.05) is 28.7 Å². The van der Waals surface area contributed by atoms with E-state index in [0.717, 1.165) is 10.0 Å². The maximum absolute atomic E-state index is 12.8. The lowest BCUT2D eigenvalue weighted by atomic mass is 10.0. The van der Waals surface area contributed by atoms with Gasteiger partial charge in [0.2, 0.25) is 0 Å². The summed E-state index contributed by atoms with van der Waals surface area (Å²) in [5.41, 5.74) is 2.10. The van der Waals surface area contributed by atoms with Crippen LogP contribution in [0.4, 0.5) is 5.69 Å². The predicted octanol–water partition coefficient (Wildman–Crippen LogP) is 3.88. The molecule has 1 amide bonds. The van der Waals surface area contributed by atoms with Crippen molar-refractivity contribution < 1.29 is 14.5 Å². The number of aryl methyl sites for hydroxylation is 1. The van der Waals surface area contributed by atoms with Gasteiger partial charge in [-0.05, 0) is 36.2 Å². The van der Waals surface area contributed by atoms with Crippen molar-refractivity contribution in [1.82, 2.24) is 4.90 Å².